The van der Waals surface area contributed by atoms with Gasteiger partial charge in [0.2, 0.25) is 5.91 Å². The summed E-state index contributed by atoms with van der Waals surface area (Å²) in [5.41, 5.74) is 4.90. The van der Waals surface area contributed by atoms with Crippen LogP contribution >= 0.6 is 0 Å². The molecule has 2 atom stereocenters. The minimum atomic E-state index is -0.565. The van der Waals surface area contributed by atoms with Crippen molar-refractivity contribution in [3.63, 3.8) is 0 Å². The summed E-state index contributed by atoms with van der Waals surface area (Å²) in [6, 6.07) is -0.169. The maximum absolute atomic E-state index is 11.7. The summed E-state index contributed by atoms with van der Waals surface area (Å²) < 4.78 is 0. The van der Waals surface area contributed by atoms with Gasteiger partial charge in [-0.2, -0.15) is 0 Å². The third-order valence-electron chi connectivity index (χ3n) is 2.72. The minimum Gasteiger partial charge on any atom is -0.354 e. The molecule has 0 aromatic rings. The topological polar surface area (TPSA) is 96.2 Å². The van der Waals surface area contributed by atoms with E-state index in [4.69, 9.17) is 5.73 Å². The largest absolute Gasteiger partial charge is 0.354 e. The Morgan fingerprint density at radius 1 is 1.38 bits per heavy atom. The Balaban J connectivity index is 2.16. The van der Waals surface area contributed by atoms with Gasteiger partial charge in [-0.05, 0) is 26.3 Å². The number of nitrogens with two attached hydrogens (primary N) is 1. The van der Waals surface area contributed by atoms with Crippen molar-refractivity contribution in [3.8, 4) is 0 Å². The molecule has 1 aliphatic heterocycles. The molecular weight excluding hydrogens is 208 g/mol. The average Bonchev–Trinajstić information content (AvgIpc) is 2.24. The zero-order chi connectivity index (χ0) is 12.0. The predicted octanol–water partition coefficient (Wildman–Crippen LogP) is -0.841. The summed E-state index contributed by atoms with van der Waals surface area (Å²) in [5.74, 6) is 0.157. The van der Waals surface area contributed by atoms with Crippen molar-refractivity contribution in [1.29, 1.82) is 0 Å². The van der Waals surface area contributed by atoms with Gasteiger partial charge in [-0.15, -0.1) is 0 Å². The molecule has 92 valence electrons. The van der Waals surface area contributed by atoms with Crippen LogP contribution in [0.15, 0.2) is 0 Å². The lowest BCUT2D eigenvalue weighted by Crippen LogP contribution is -2.44. The Labute approximate surface area is 95.3 Å². The predicted molar refractivity (Wildman–Crippen MR) is 60.8 cm³/mol. The standard InChI is InChI=1S/C10H20N4O2/c1-7-6-8(2-3-12-7)9(15)13-4-5-14-10(11)16/h7-8,12H,2-6H2,1H3,(H,13,15)(H3,11,14,16). The fourth-order valence-corrected chi connectivity index (χ4v) is 1.89. The molecule has 1 fully saturated rings. The van der Waals surface area contributed by atoms with Gasteiger partial charge in [-0.25, -0.2) is 4.79 Å². The molecule has 1 saturated heterocycles. The van der Waals surface area contributed by atoms with E-state index >= 15 is 0 Å². The van der Waals surface area contributed by atoms with E-state index in [9.17, 15) is 9.59 Å². The van der Waals surface area contributed by atoms with Gasteiger partial charge < -0.3 is 21.7 Å². The maximum Gasteiger partial charge on any atom is 0.312 e. The second-order valence-corrected chi connectivity index (χ2v) is 4.16. The molecule has 6 nitrogen and oxygen atoms in total. The van der Waals surface area contributed by atoms with Crippen LogP contribution in [0.4, 0.5) is 4.79 Å². The molecule has 0 spiro atoms. The Morgan fingerprint density at radius 2 is 2.06 bits per heavy atom. The number of hydrogen-bond acceptors (Lipinski definition) is 3. The van der Waals surface area contributed by atoms with Gasteiger partial charge >= 0.3 is 6.03 Å². The first-order valence-corrected chi connectivity index (χ1v) is 5.64. The third-order valence-corrected chi connectivity index (χ3v) is 2.72. The van der Waals surface area contributed by atoms with Gasteiger partial charge in [0.15, 0.2) is 0 Å². The van der Waals surface area contributed by atoms with Gasteiger partial charge in [-0.1, -0.05) is 0 Å². The number of urea groups is 1. The SMILES string of the molecule is CC1CC(C(=O)NCCNC(N)=O)CCN1. The molecule has 0 aromatic heterocycles. The van der Waals surface area contributed by atoms with Crippen molar-refractivity contribution in [2.24, 2.45) is 11.7 Å². The van der Waals surface area contributed by atoms with E-state index in [0.717, 1.165) is 19.4 Å². The lowest BCUT2D eigenvalue weighted by atomic mass is 9.92. The molecule has 0 aromatic carbocycles. The summed E-state index contributed by atoms with van der Waals surface area (Å²) >= 11 is 0. The van der Waals surface area contributed by atoms with E-state index in [1.165, 1.54) is 0 Å². The van der Waals surface area contributed by atoms with Crippen LogP contribution in [-0.4, -0.2) is 37.6 Å². The highest BCUT2D eigenvalue weighted by molar-refractivity contribution is 5.78. The van der Waals surface area contributed by atoms with Crippen molar-refractivity contribution in [1.82, 2.24) is 16.0 Å². The highest BCUT2D eigenvalue weighted by atomic mass is 16.2. The van der Waals surface area contributed by atoms with Gasteiger partial charge in [0.05, 0.1) is 0 Å². The zero-order valence-corrected chi connectivity index (χ0v) is 9.58. The van der Waals surface area contributed by atoms with Gasteiger partial charge in [-0.3, -0.25) is 4.79 Å². The van der Waals surface area contributed by atoms with E-state index in [1.807, 2.05) is 0 Å². The normalized spacial score (nSPS) is 24.8. The summed E-state index contributed by atoms with van der Waals surface area (Å²) in [7, 11) is 0. The summed E-state index contributed by atoms with van der Waals surface area (Å²) in [6.07, 6.45) is 1.74. The highest BCUT2D eigenvalue weighted by Gasteiger charge is 2.24. The molecule has 0 radical (unpaired) electrons. The lowest BCUT2D eigenvalue weighted by Gasteiger charge is -2.27. The molecule has 0 aliphatic carbocycles. The fraction of sp³-hybridized carbons (Fsp3) is 0.800. The number of hydrogen-bond donors (Lipinski definition) is 4. The second kappa shape index (κ2) is 6.32. The molecule has 2 unspecified atom stereocenters. The first kappa shape index (κ1) is 12.8. The average molecular weight is 228 g/mol. The highest BCUT2D eigenvalue weighted by Crippen LogP contribution is 2.15. The number of carbonyl (C=O) groups is 2. The molecule has 3 amide bonds. The number of primary amides is 1. The zero-order valence-electron chi connectivity index (χ0n) is 9.58. The van der Waals surface area contributed by atoms with Crippen LogP contribution in [0.25, 0.3) is 0 Å². The first-order valence-electron chi connectivity index (χ1n) is 5.64. The Bertz CT molecular complexity index is 257. The van der Waals surface area contributed by atoms with Crippen molar-refractivity contribution >= 4 is 11.9 Å². The second-order valence-electron chi connectivity index (χ2n) is 4.16. The van der Waals surface area contributed by atoms with Crippen LogP contribution < -0.4 is 21.7 Å². The van der Waals surface area contributed by atoms with Crippen molar-refractivity contribution < 1.29 is 9.59 Å². The van der Waals surface area contributed by atoms with E-state index in [1.54, 1.807) is 0 Å². The maximum atomic E-state index is 11.7. The third kappa shape index (κ3) is 4.48. The van der Waals surface area contributed by atoms with Crippen molar-refractivity contribution in [2.45, 2.75) is 25.8 Å². The van der Waals surface area contributed by atoms with Gasteiger partial charge in [0.25, 0.3) is 0 Å². The number of carbonyl (C=O) groups excluding carboxylic acids is 2. The van der Waals surface area contributed by atoms with Crippen LogP contribution in [0.5, 0.6) is 0 Å². The molecular formula is C10H20N4O2. The Morgan fingerprint density at radius 3 is 2.69 bits per heavy atom. The van der Waals surface area contributed by atoms with Crippen LogP contribution in [-0.2, 0) is 4.79 Å². The fourth-order valence-electron chi connectivity index (χ4n) is 1.89. The van der Waals surface area contributed by atoms with Crippen LogP contribution in [0.2, 0.25) is 0 Å². The molecule has 5 N–H and O–H groups in total. The molecule has 1 aliphatic rings. The molecule has 16 heavy (non-hydrogen) atoms. The van der Waals surface area contributed by atoms with Crippen molar-refractivity contribution in [3.05, 3.63) is 0 Å². The van der Waals surface area contributed by atoms with Gasteiger partial charge in [0, 0.05) is 25.0 Å². The lowest BCUT2D eigenvalue weighted by molar-refractivity contribution is -0.126. The minimum absolute atomic E-state index is 0.0691. The summed E-state index contributed by atoms with van der Waals surface area (Å²) in [5, 5.41) is 8.51. The number of rotatable bonds is 4. The monoisotopic (exact) mass is 228 g/mol. The Kier molecular flexibility index (Phi) is 5.04. The number of amides is 3. The van der Waals surface area contributed by atoms with E-state index < -0.39 is 6.03 Å². The first-order chi connectivity index (χ1) is 7.59. The number of nitrogens with one attached hydrogen (secondary N) is 3. The molecule has 0 saturated carbocycles. The van der Waals surface area contributed by atoms with Crippen LogP contribution in [0, 0.1) is 5.92 Å². The van der Waals surface area contributed by atoms with Crippen LogP contribution in [0.1, 0.15) is 19.8 Å². The summed E-state index contributed by atoms with van der Waals surface area (Å²) in [4.78, 5) is 22.1. The van der Waals surface area contributed by atoms with E-state index in [-0.39, 0.29) is 11.8 Å². The molecule has 1 heterocycles. The summed E-state index contributed by atoms with van der Waals surface area (Å²) in [6.45, 7) is 3.77. The van der Waals surface area contributed by atoms with Crippen LogP contribution in [0.3, 0.4) is 0 Å². The Hall–Kier alpha value is -1.30. The van der Waals surface area contributed by atoms with E-state index in [2.05, 4.69) is 22.9 Å². The van der Waals surface area contributed by atoms with E-state index in [0.29, 0.717) is 19.1 Å². The van der Waals surface area contributed by atoms with Crippen molar-refractivity contribution in [2.75, 3.05) is 19.6 Å². The molecule has 6 heteroatoms. The smallest absolute Gasteiger partial charge is 0.312 e. The number of piperidine rings is 1. The molecule has 1 rings (SSSR count). The molecule has 0 bridgehead atoms. The van der Waals surface area contributed by atoms with Gasteiger partial charge in [0.1, 0.15) is 0 Å². The quantitative estimate of drug-likeness (QED) is 0.472.